The van der Waals surface area contributed by atoms with E-state index in [2.05, 4.69) is 0 Å². The lowest BCUT2D eigenvalue weighted by Crippen LogP contribution is -2.51. The molecule has 4 heteroatoms. The molecule has 1 N–H and O–H groups in total. The largest absolute Gasteiger partial charge is 0.481 e. The first kappa shape index (κ1) is 11.1. The van der Waals surface area contributed by atoms with Gasteiger partial charge in [-0.1, -0.05) is 12.1 Å². The first-order chi connectivity index (χ1) is 7.58. The molecule has 16 heavy (non-hydrogen) atoms. The summed E-state index contributed by atoms with van der Waals surface area (Å²) in [7, 11) is 0. The van der Waals surface area contributed by atoms with Crippen LogP contribution in [0, 0.1) is 11.7 Å². The first-order valence-electron chi connectivity index (χ1n) is 5.30. The Kier molecular flexibility index (Phi) is 2.92. The molecule has 1 aliphatic heterocycles. The van der Waals surface area contributed by atoms with Crippen molar-refractivity contribution in [1.82, 2.24) is 4.90 Å². The van der Waals surface area contributed by atoms with E-state index in [1.54, 1.807) is 6.07 Å². The van der Waals surface area contributed by atoms with Crippen LogP contribution in [-0.2, 0) is 4.79 Å². The van der Waals surface area contributed by atoms with Gasteiger partial charge in [-0.25, -0.2) is 4.39 Å². The van der Waals surface area contributed by atoms with E-state index in [0.717, 1.165) is 5.56 Å². The SMILES string of the molecule is C[C@H](c1cccc(F)c1)N1CC(C(=O)O)C1. The van der Waals surface area contributed by atoms with E-state index in [4.69, 9.17) is 5.11 Å². The fourth-order valence-electron chi connectivity index (χ4n) is 1.96. The van der Waals surface area contributed by atoms with Crippen molar-refractivity contribution < 1.29 is 14.3 Å². The third-order valence-corrected chi connectivity index (χ3v) is 3.14. The van der Waals surface area contributed by atoms with E-state index in [1.807, 2.05) is 17.9 Å². The second kappa shape index (κ2) is 4.22. The molecule has 1 saturated heterocycles. The Bertz CT molecular complexity index is 402. The summed E-state index contributed by atoms with van der Waals surface area (Å²) < 4.78 is 13.0. The number of benzene rings is 1. The van der Waals surface area contributed by atoms with Crippen LogP contribution in [0.3, 0.4) is 0 Å². The van der Waals surface area contributed by atoms with Gasteiger partial charge in [-0.3, -0.25) is 9.69 Å². The Balaban J connectivity index is 2.00. The smallest absolute Gasteiger partial charge is 0.309 e. The summed E-state index contributed by atoms with van der Waals surface area (Å²) in [5.74, 6) is -1.27. The molecule has 2 rings (SSSR count). The van der Waals surface area contributed by atoms with Crippen LogP contribution >= 0.6 is 0 Å². The van der Waals surface area contributed by atoms with Gasteiger partial charge in [0.1, 0.15) is 5.82 Å². The normalized spacial score (nSPS) is 19.1. The molecular weight excluding hydrogens is 209 g/mol. The molecule has 0 spiro atoms. The Hall–Kier alpha value is -1.42. The Morgan fingerprint density at radius 3 is 2.81 bits per heavy atom. The summed E-state index contributed by atoms with van der Waals surface area (Å²) in [6.07, 6.45) is 0. The lowest BCUT2D eigenvalue weighted by molar-refractivity contribution is -0.148. The zero-order valence-corrected chi connectivity index (χ0v) is 9.06. The van der Waals surface area contributed by atoms with E-state index >= 15 is 0 Å². The number of hydrogen-bond donors (Lipinski definition) is 1. The van der Waals surface area contributed by atoms with Crippen LogP contribution in [0.2, 0.25) is 0 Å². The second-order valence-corrected chi connectivity index (χ2v) is 4.22. The van der Waals surface area contributed by atoms with Gasteiger partial charge in [-0.2, -0.15) is 0 Å². The van der Waals surface area contributed by atoms with Crippen LogP contribution in [-0.4, -0.2) is 29.1 Å². The van der Waals surface area contributed by atoms with Crippen molar-refractivity contribution in [3.63, 3.8) is 0 Å². The van der Waals surface area contributed by atoms with Crippen LogP contribution < -0.4 is 0 Å². The van der Waals surface area contributed by atoms with Crippen LogP contribution in [0.15, 0.2) is 24.3 Å². The average molecular weight is 223 g/mol. The van der Waals surface area contributed by atoms with Crippen molar-refractivity contribution in [1.29, 1.82) is 0 Å². The molecule has 1 aromatic rings. The molecule has 1 atom stereocenters. The zero-order chi connectivity index (χ0) is 11.7. The minimum atomic E-state index is -0.748. The third kappa shape index (κ3) is 2.07. The highest BCUT2D eigenvalue weighted by molar-refractivity contribution is 5.71. The van der Waals surface area contributed by atoms with E-state index in [9.17, 15) is 9.18 Å². The maximum atomic E-state index is 13.0. The van der Waals surface area contributed by atoms with Crippen molar-refractivity contribution in [3.05, 3.63) is 35.6 Å². The number of carbonyl (C=O) groups is 1. The Labute approximate surface area is 93.5 Å². The van der Waals surface area contributed by atoms with Crippen LogP contribution in [0.1, 0.15) is 18.5 Å². The lowest BCUT2D eigenvalue weighted by Gasteiger charge is -2.41. The average Bonchev–Trinajstić information content (AvgIpc) is 2.14. The van der Waals surface area contributed by atoms with E-state index in [1.165, 1.54) is 12.1 Å². The molecule has 0 bridgehead atoms. The molecule has 0 amide bonds. The molecule has 3 nitrogen and oxygen atoms in total. The zero-order valence-electron chi connectivity index (χ0n) is 9.06. The third-order valence-electron chi connectivity index (χ3n) is 3.14. The topological polar surface area (TPSA) is 40.5 Å². The standard InChI is InChI=1S/C12H14FNO2/c1-8(9-3-2-4-11(13)5-9)14-6-10(7-14)12(15)16/h2-5,8,10H,6-7H2,1H3,(H,15,16)/t8-/m1/s1. The summed E-state index contributed by atoms with van der Waals surface area (Å²) >= 11 is 0. The number of likely N-dealkylation sites (tertiary alicyclic amines) is 1. The lowest BCUT2D eigenvalue weighted by atomic mass is 9.95. The maximum Gasteiger partial charge on any atom is 0.309 e. The highest BCUT2D eigenvalue weighted by Gasteiger charge is 2.35. The predicted molar refractivity (Wildman–Crippen MR) is 57.5 cm³/mol. The van der Waals surface area contributed by atoms with E-state index in [-0.39, 0.29) is 17.8 Å². The van der Waals surface area contributed by atoms with Crippen molar-refractivity contribution in [2.45, 2.75) is 13.0 Å². The van der Waals surface area contributed by atoms with E-state index < -0.39 is 5.97 Å². The number of rotatable bonds is 3. The van der Waals surface area contributed by atoms with Crippen molar-refractivity contribution >= 4 is 5.97 Å². The first-order valence-corrected chi connectivity index (χ1v) is 5.30. The van der Waals surface area contributed by atoms with Gasteiger partial charge in [0.15, 0.2) is 0 Å². The minimum absolute atomic E-state index is 0.0753. The van der Waals surface area contributed by atoms with E-state index in [0.29, 0.717) is 13.1 Å². The quantitative estimate of drug-likeness (QED) is 0.850. The molecule has 1 aliphatic rings. The van der Waals surface area contributed by atoms with Gasteiger partial charge in [0.2, 0.25) is 0 Å². The van der Waals surface area contributed by atoms with Gasteiger partial charge in [0.25, 0.3) is 0 Å². The van der Waals surface area contributed by atoms with Gasteiger partial charge < -0.3 is 5.11 Å². The molecular formula is C12H14FNO2. The number of aliphatic carboxylic acids is 1. The Morgan fingerprint density at radius 1 is 1.56 bits per heavy atom. The molecule has 1 fully saturated rings. The summed E-state index contributed by atoms with van der Waals surface area (Å²) in [5.41, 5.74) is 0.892. The summed E-state index contributed by atoms with van der Waals surface area (Å²) in [6.45, 7) is 3.06. The molecule has 0 radical (unpaired) electrons. The second-order valence-electron chi connectivity index (χ2n) is 4.22. The fraction of sp³-hybridized carbons (Fsp3) is 0.417. The number of hydrogen-bond acceptors (Lipinski definition) is 2. The van der Waals surface area contributed by atoms with Crippen molar-refractivity contribution in [2.24, 2.45) is 5.92 Å². The summed E-state index contributed by atoms with van der Waals surface area (Å²) in [4.78, 5) is 12.7. The van der Waals surface area contributed by atoms with Gasteiger partial charge >= 0.3 is 5.97 Å². The summed E-state index contributed by atoms with van der Waals surface area (Å²) in [5, 5.41) is 8.76. The van der Waals surface area contributed by atoms with Gasteiger partial charge in [0, 0.05) is 19.1 Å². The summed E-state index contributed by atoms with van der Waals surface area (Å²) in [6, 6.07) is 6.52. The fourth-order valence-corrected chi connectivity index (χ4v) is 1.96. The predicted octanol–water partition coefficient (Wildman–Crippen LogP) is 1.90. The minimum Gasteiger partial charge on any atom is -0.481 e. The Morgan fingerprint density at radius 2 is 2.25 bits per heavy atom. The highest BCUT2D eigenvalue weighted by Crippen LogP contribution is 2.28. The van der Waals surface area contributed by atoms with Crippen LogP contribution in [0.4, 0.5) is 4.39 Å². The van der Waals surface area contributed by atoms with Crippen molar-refractivity contribution in [2.75, 3.05) is 13.1 Å². The molecule has 0 aromatic heterocycles. The maximum absolute atomic E-state index is 13.0. The molecule has 1 aromatic carbocycles. The number of nitrogens with zero attached hydrogens (tertiary/aromatic N) is 1. The van der Waals surface area contributed by atoms with Gasteiger partial charge in [-0.05, 0) is 24.6 Å². The van der Waals surface area contributed by atoms with Gasteiger partial charge in [-0.15, -0.1) is 0 Å². The molecule has 0 unspecified atom stereocenters. The van der Waals surface area contributed by atoms with Crippen LogP contribution in [0.25, 0.3) is 0 Å². The van der Waals surface area contributed by atoms with Crippen LogP contribution in [0.5, 0.6) is 0 Å². The number of carboxylic acids is 1. The van der Waals surface area contributed by atoms with Gasteiger partial charge in [0.05, 0.1) is 5.92 Å². The highest BCUT2D eigenvalue weighted by atomic mass is 19.1. The molecule has 1 heterocycles. The molecule has 0 aliphatic carbocycles. The number of carboxylic acid groups (broad SMARTS) is 1. The molecule has 86 valence electrons. The van der Waals surface area contributed by atoms with Crippen molar-refractivity contribution in [3.8, 4) is 0 Å². The molecule has 0 saturated carbocycles. The monoisotopic (exact) mass is 223 g/mol. The number of halogens is 1.